The van der Waals surface area contributed by atoms with Gasteiger partial charge in [0.25, 0.3) is 0 Å². The molecule has 2 N–H and O–H groups in total. The SMILES string of the molecule is CC(=O)Nc1ccc(S(=O)(=O)Oc2ccc(C(=O)O)cc2)cc1. The van der Waals surface area contributed by atoms with Crippen LogP contribution in [-0.2, 0) is 14.9 Å². The number of benzene rings is 2. The Morgan fingerprint density at radius 3 is 2.04 bits per heavy atom. The van der Waals surface area contributed by atoms with Gasteiger partial charge in [0.2, 0.25) is 5.91 Å². The van der Waals surface area contributed by atoms with Crippen molar-refractivity contribution in [3.8, 4) is 5.75 Å². The lowest BCUT2D eigenvalue weighted by Crippen LogP contribution is -2.10. The van der Waals surface area contributed by atoms with Gasteiger partial charge in [-0.2, -0.15) is 8.42 Å². The molecule has 23 heavy (non-hydrogen) atoms. The van der Waals surface area contributed by atoms with Crippen molar-refractivity contribution < 1.29 is 27.3 Å². The van der Waals surface area contributed by atoms with E-state index in [2.05, 4.69) is 5.32 Å². The monoisotopic (exact) mass is 335 g/mol. The van der Waals surface area contributed by atoms with E-state index in [9.17, 15) is 18.0 Å². The van der Waals surface area contributed by atoms with Gasteiger partial charge in [-0.1, -0.05) is 0 Å². The first kappa shape index (κ1) is 16.5. The molecule has 0 saturated heterocycles. The number of hydrogen-bond donors (Lipinski definition) is 2. The molecule has 2 aromatic carbocycles. The van der Waals surface area contributed by atoms with Crippen LogP contribution in [0.5, 0.6) is 5.75 Å². The third-order valence-corrected chi connectivity index (χ3v) is 4.03. The first-order chi connectivity index (χ1) is 10.8. The lowest BCUT2D eigenvalue weighted by molar-refractivity contribution is -0.114. The molecule has 0 heterocycles. The van der Waals surface area contributed by atoms with E-state index in [1.54, 1.807) is 0 Å². The lowest BCUT2D eigenvalue weighted by Gasteiger charge is -2.08. The third kappa shape index (κ3) is 4.30. The molecule has 7 nitrogen and oxygen atoms in total. The van der Waals surface area contributed by atoms with Gasteiger partial charge in [-0.05, 0) is 48.5 Å². The number of carbonyl (C=O) groups excluding carboxylic acids is 1. The summed E-state index contributed by atoms with van der Waals surface area (Å²) in [5, 5.41) is 11.3. The Bertz CT molecular complexity index is 825. The Hall–Kier alpha value is -2.87. The van der Waals surface area contributed by atoms with Crippen LogP contribution in [0.4, 0.5) is 5.69 Å². The summed E-state index contributed by atoms with van der Waals surface area (Å²) < 4.78 is 29.2. The molecule has 0 saturated carbocycles. The average Bonchev–Trinajstić information content (AvgIpc) is 2.47. The molecule has 0 spiro atoms. The number of carboxylic acids is 1. The van der Waals surface area contributed by atoms with Crippen LogP contribution in [0.25, 0.3) is 0 Å². The molecule has 0 aromatic heterocycles. The van der Waals surface area contributed by atoms with Crippen LogP contribution < -0.4 is 9.50 Å². The van der Waals surface area contributed by atoms with E-state index in [1.807, 2.05) is 0 Å². The van der Waals surface area contributed by atoms with Crippen molar-refractivity contribution in [1.82, 2.24) is 0 Å². The molecule has 0 fully saturated rings. The fraction of sp³-hybridized carbons (Fsp3) is 0.0667. The molecular weight excluding hydrogens is 322 g/mol. The van der Waals surface area contributed by atoms with E-state index in [4.69, 9.17) is 9.29 Å². The first-order valence-corrected chi connectivity index (χ1v) is 7.84. The van der Waals surface area contributed by atoms with Gasteiger partial charge in [0.15, 0.2) is 0 Å². The molecule has 0 bridgehead atoms. The maximum absolute atomic E-state index is 12.1. The molecule has 0 aliphatic carbocycles. The number of nitrogens with one attached hydrogen (secondary N) is 1. The lowest BCUT2D eigenvalue weighted by atomic mass is 10.2. The Balaban J connectivity index is 2.17. The van der Waals surface area contributed by atoms with Crippen LogP contribution in [0.1, 0.15) is 17.3 Å². The summed E-state index contributed by atoms with van der Waals surface area (Å²) in [5.74, 6) is -1.38. The van der Waals surface area contributed by atoms with Crippen molar-refractivity contribution >= 4 is 27.7 Å². The van der Waals surface area contributed by atoms with Gasteiger partial charge in [0.1, 0.15) is 10.6 Å². The zero-order valence-corrected chi connectivity index (χ0v) is 12.8. The molecule has 0 aliphatic rings. The van der Waals surface area contributed by atoms with Crippen molar-refractivity contribution in [2.45, 2.75) is 11.8 Å². The number of amides is 1. The van der Waals surface area contributed by atoms with Gasteiger partial charge in [-0.15, -0.1) is 0 Å². The summed E-state index contributed by atoms with van der Waals surface area (Å²) in [5.41, 5.74) is 0.483. The van der Waals surface area contributed by atoms with Crippen LogP contribution in [0, 0.1) is 0 Å². The second-order valence-electron chi connectivity index (χ2n) is 4.57. The van der Waals surface area contributed by atoms with Crippen LogP contribution in [0.15, 0.2) is 53.4 Å². The largest absolute Gasteiger partial charge is 0.478 e. The minimum atomic E-state index is -4.05. The number of carbonyl (C=O) groups is 2. The van der Waals surface area contributed by atoms with Gasteiger partial charge in [0, 0.05) is 12.6 Å². The average molecular weight is 335 g/mol. The minimum absolute atomic E-state index is 0.000868. The van der Waals surface area contributed by atoms with E-state index in [-0.39, 0.29) is 22.1 Å². The van der Waals surface area contributed by atoms with E-state index in [0.717, 1.165) is 0 Å². The topological polar surface area (TPSA) is 110 Å². The highest BCUT2D eigenvalue weighted by Crippen LogP contribution is 2.20. The number of hydrogen-bond acceptors (Lipinski definition) is 5. The zero-order valence-electron chi connectivity index (χ0n) is 12.0. The fourth-order valence-electron chi connectivity index (χ4n) is 1.74. The fourth-order valence-corrected chi connectivity index (χ4v) is 2.67. The van der Waals surface area contributed by atoms with E-state index < -0.39 is 16.1 Å². The quantitative estimate of drug-likeness (QED) is 0.810. The van der Waals surface area contributed by atoms with Gasteiger partial charge in [-0.3, -0.25) is 4.79 Å². The number of rotatable bonds is 5. The van der Waals surface area contributed by atoms with Gasteiger partial charge < -0.3 is 14.6 Å². The maximum Gasteiger partial charge on any atom is 0.339 e. The molecule has 2 rings (SSSR count). The number of carboxylic acid groups (broad SMARTS) is 1. The maximum atomic E-state index is 12.1. The van der Waals surface area contributed by atoms with Crippen molar-refractivity contribution in [3.63, 3.8) is 0 Å². The van der Waals surface area contributed by atoms with Crippen molar-refractivity contribution in [2.24, 2.45) is 0 Å². The minimum Gasteiger partial charge on any atom is -0.478 e. The second kappa shape index (κ2) is 6.49. The zero-order chi connectivity index (χ0) is 17.0. The Morgan fingerprint density at radius 1 is 1.00 bits per heavy atom. The first-order valence-electron chi connectivity index (χ1n) is 6.43. The van der Waals surface area contributed by atoms with Crippen LogP contribution >= 0.6 is 0 Å². The molecule has 1 amide bonds. The summed E-state index contributed by atoms with van der Waals surface area (Å²) in [6.45, 7) is 1.34. The Kier molecular flexibility index (Phi) is 4.65. The number of anilines is 1. The van der Waals surface area contributed by atoms with Gasteiger partial charge in [0.05, 0.1) is 5.56 Å². The van der Waals surface area contributed by atoms with Gasteiger partial charge >= 0.3 is 16.1 Å². The predicted molar refractivity (Wildman–Crippen MR) is 82.0 cm³/mol. The molecule has 0 atom stereocenters. The molecular formula is C15H13NO6S. The number of aromatic carboxylic acids is 1. The van der Waals surface area contributed by atoms with E-state index in [1.165, 1.54) is 55.5 Å². The van der Waals surface area contributed by atoms with Crippen molar-refractivity contribution in [2.75, 3.05) is 5.32 Å². The summed E-state index contributed by atoms with van der Waals surface area (Å²) >= 11 is 0. The molecule has 0 aliphatic heterocycles. The van der Waals surface area contributed by atoms with Crippen LogP contribution in [-0.4, -0.2) is 25.4 Å². The van der Waals surface area contributed by atoms with E-state index in [0.29, 0.717) is 5.69 Å². The molecule has 2 aromatic rings. The van der Waals surface area contributed by atoms with Crippen LogP contribution in [0.3, 0.4) is 0 Å². The highest BCUT2D eigenvalue weighted by Gasteiger charge is 2.17. The smallest absolute Gasteiger partial charge is 0.339 e. The van der Waals surface area contributed by atoms with Crippen molar-refractivity contribution in [1.29, 1.82) is 0 Å². The summed E-state index contributed by atoms with van der Waals surface area (Å²) in [6.07, 6.45) is 0. The predicted octanol–water partition coefficient (Wildman–Crippen LogP) is 2.11. The highest BCUT2D eigenvalue weighted by molar-refractivity contribution is 7.87. The Morgan fingerprint density at radius 2 is 1.57 bits per heavy atom. The van der Waals surface area contributed by atoms with Gasteiger partial charge in [-0.25, -0.2) is 4.79 Å². The normalized spacial score (nSPS) is 10.8. The summed E-state index contributed by atoms with van der Waals surface area (Å²) in [7, 11) is -4.05. The Labute approximate surface area is 132 Å². The van der Waals surface area contributed by atoms with Crippen LogP contribution in [0.2, 0.25) is 0 Å². The van der Waals surface area contributed by atoms with Crippen molar-refractivity contribution in [3.05, 3.63) is 54.1 Å². The molecule has 8 heteroatoms. The second-order valence-corrected chi connectivity index (χ2v) is 6.12. The summed E-state index contributed by atoms with van der Waals surface area (Å²) in [6, 6.07) is 10.5. The molecule has 120 valence electrons. The van der Waals surface area contributed by atoms with E-state index >= 15 is 0 Å². The third-order valence-electron chi connectivity index (χ3n) is 2.77. The standard InChI is InChI=1S/C15H13NO6S/c1-10(17)16-12-4-8-14(9-5-12)23(20,21)22-13-6-2-11(3-7-13)15(18)19/h2-9H,1H3,(H,16,17)(H,18,19). The molecule has 0 unspecified atom stereocenters. The summed E-state index contributed by atoms with van der Waals surface area (Å²) in [4.78, 5) is 21.6. The highest BCUT2D eigenvalue weighted by atomic mass is 32.2. The molecule has 0 radical (unpaired) electrons.